The average Bonchev–Trinajstić information content (AvgIpc) is 3.81. The van der Waals surface area contributed by atoms with Crippen LogP contribution < -0.4 is 20.7 Å². The molecule has 65 heavy (non-hydrogen) atoms. The van der Waals surface area contributed by atoms with E-state index in [4.69, 9.17) is 43.2 Å². The average molecular weight is 922 g/mol. The molecule has 6 rings (SSSR count). The minimum atomic E-state index is -4.69. The molecule has 0 radical (unpaired) electrons. The number of alkyl halides is 1. The summed E-state index contributed by atoms with van der Waals surface area (Å²) in [5.74, 6) is -1.74. The highest BCUT2D eigenvalue weighted by molar-refractivity contribution is 7.52. The maximum atomic E-state index is 17.6. The number of nitrogens with two attached hydrogens (primary N) is 1. The number of aryl methyl sites for hydroxylation is 1. The number of hydrogen-bond donors (Lipinski definition) is 3. The van der Waals surface area contributed by atoms with E-state index in [0.29, 0.717) is 11.1 Å². The van der Waals surface area contributed by atoms with Crippen molar-refractivity contribution < 1.29 is 65.6 Å². The van der Waals surface area contributed by atoms with Gasteiger partial charge >= 0.3 is 31.9 Å². The lowest BCUT2D eigenvalue weighted by Crippen LogP contribution is -2.44. The molecule has 3 aromatic carbocycles. The number of fused-ring (bicyclic) bond motifs is 1. The number of aromatic nitrogens is 4. The number of imidazole rings is 1. The molecule has 1 aliphatic heterocycles. The van der Waals surface area contributed by atoms with Crippen LogP contribution in [-0.4, -0.2) is 87.4 Å². The summed E-state index contributed by atoms with van der Waals surface area (Å²) in [4.78, 5) is 63.7. The molecule has 20 nitrogen and oxygen atoms in total. The summed E-state index contributed by atoms with van der Waals surface area (Å²) in [5.41, 5.74) is 5.04. The van der Waals surface area contributed by atoms with Crippen LogP contribution in [0.3, 0.4) is 0 Å². The second-order valence-electron chi connectivity index (χ2n) is 14.6. The highest BCUT2D eigenvalue weighted by Crippen LogP contribution is 2.49. The number of para-hydroxylation sites is 1. The molecule has 1 saturated heterocycles. The second-order valence-corrected chi connectivity index (χ2v) is 16.3. The van der Waals surface area contributed by atoms with Crippen molar-refractivity contribution in [3.63, 3.8) is 0 Å². The minimum absolute atomic E-state index is 0.00867. The molecular weight excluding hydrogens is 872 g/mol. The van der Waals surface area contributed by atoms with Crippen LogP contribution in [0.2, 0.25) is 0 Å². The van der Waals surface area contributed by atoms with Gasteiger partial charge in [-0.2, -0.15) is 15.1 Å². The van der Waals surface area contributed by atoms with Crippen LogP contribution in [0.25, 0.3) is 11.2 Å². The fraction of sp³-hybridized carbons (Fsp3) is 0.372. The van der Waals surface area contributed by atoms with Gasteiger partial charge in [0.2, 0.25) is 5.95 Å². The number of carbonyl (C=O) groups is 4. The fourth-order valence-corrected chi connectivity index (χ4v) is 8.19. The Balaban J connectivity index is 1.29. The van der Waals surface area contributed by atoms with Crippen LogP contribution >= 0.6 is 7.75 Å². The summed E-state index contributed by atoms with van der Waals surface area (Å²) in [6.07, 6.45) is -6.06. The Hall–Kier alpha value is -6.67. The highest BCUT2D eigenvalue weighted by Gasteiger charge is 2.59. The number of nitrogens with one attached hydrogen (secondary N) is 2. The van der Waals surface area contributed by atoms with Gasteiger partial charge in [0.1, 0.15) is 31.1 Å². The molecule has 0 aliphatic carbocycles. The standard InChI is InChI=1S/C43H49FN7O13P/c1-5-57-33(52)22-21-30-19-13-14-20-31(30)64-65(56,50-27(3)38(53)58-6-2)61-25-32-35(63-42(55)60-24-29-17-11-8-12-18-29)43(4,44)39(62-32)51-26-46-34-36(47-40(45)49-37(34)51)48-41(54)59-23-28-15-9-7-10-16-28/h7-20,26-27,32,35,39H,5-6,21-25H2,1-4H3,(H,50,56)(H3,45,47,48,49,54)/t27-,32+,35?,39+,43+,65?/m0/s1. The van der Waals surface area contributed by atoms with Crippen LogP contribution in [0.15, 0.2) is 91.3 Å². The quantitative estimate of drug-likeness (QED) is 0.0415. The molecule has 6 atom stereocenters. The second kappa shape index (κ2) is 21.8. The third kappa shape index (κ3) is 12.5. The number of carbonyl (C=O) groups excluding carboxylic acids is 4. The van der Waals surface area contributed by atoms with Crippen molar-refractivity contribution in [3.8, 4) is 5.75 Å². The van der Waals surface area contributed by atoms with Crippen molar-refractivity contribution in [2.24, 2.45) is 0 Å². The number of rotatable bonds is 20. The van der Waals surface area contributed by atoms with E-state index in [1.165, 1.54) is 13.0 Å². The van der Waals surface area contributed by atoms with Gasteiger partial charge in [-0.05, 0) is 56.9 Å². The van der Waals surface area contributed by atoms with Gasteiger partial charge in [0.25, 0.3) is 0 Å². The summed E-state index contributed by atoms with van der Waals surface area (Å²) in [6, 6.07) is 22.7. The third-order valence-corrected chi connectivity index (χ3v) is 11.4. The van der Waals surface area contributed by atoms with E-state index in [1.807, 2.05) is 6.07 Å². The summed E-state index contributed by atoms with van der Waals surface area (Å²) in [5, 5.41) is 5.05. The van der Waals surface area contributed by atoms with Crippen molar-refractivity contribution in [1.82, 2.24) is 24.6 Å². The number of nitrogens with zero attached hydrogens (tertiary/aromatic N) is 4. The zero-order chi connectivity index (χ0) is 46.6. The monoisotopic (exact) mass is 921 g/mol. The Morgan fingerprint density at radius 1 is 0.908 bits per heavy atom. The molecule has 1 fully saturated rings. The smallest absolute Gasteiger partial charge is 0.466 e. The van der Waals surface area contributed by atoms with Gasteiger partial charge in [0.15, 0.2) is 35.0 Å². The van der Waals surface area contributed by atoms with Crippen LogP contribution in [0, 0.1) is 0 Å². The van der Waals surface area contributed by atoms with Gasteiger partial charge in [-0.15, -0.1) is 0 Å². The van der Waals surface area contributed by atoms with Gasteiger partial charge in [-0.3, -0.25) is 24.0 Å². The van der Waals surface area contributed by atoms with E-state index in [9.17, 15) is 23.7 Å². The number of halogens is 1. The van der Waals surface area contributed by atoms with E-state index in [0.717, 1.165) is 23.4 Å². The molecule has 0 saturated carbocycles. The van der Waals surface area contributed by atoms with Gasteiger partial charge in [0.05, 0.1) is 26.1 Å². The van der Waals surface area contributed by atoms with Crippen molar-refractivity contribution in [2.45, 2.75) is 83.9 Å². The van der Waals surface area contributed by atoms with Crippen LogP contribution in [0.1, 0.15) is 57.0 Å². The van der Waals surface area contributed by atoms with Crippen molar-refractivity contribution in [1.29, 1.82) is 0 Å². The summed E-state index contributed by atoms with van der Waals surface area (Å²) in [6.45, 7) is 4.83. The number of amides is 1. The highest BCUT2D eigenvalue weighted by atomic mass is 31.2. The van der Waals surface area contributed by atoms with Gasteiger partial charge in [-0.1, -0.05) is 78.9 Å². The largest absolute Gasteiger partial charge is 0.509 e. The number of anilines is 2. The molecule has 0 bridgehead atoms. The first kappa shape index (κ1) is 47.8. The molecule has 22 heteroatoms. The predicted octanol–water partition coefficient (Wildman–Crippen LogP) is 6.75. The van der Waals surface area contributed by atoms with E-state index >= 15 is 4.39 Å². The fourth-order valence-electron chi connectivity index (χ4n) is 6.65. The number of esters is 2. The van der Waals surface area contributed by atoms with Gasteiger partial charge < -0.3 is 38.7 Å². The SMILES string of the molecule is CCOC(=O)CCc1ccccc1OP(=O)(N[C@@H](C)C(=O)OCC)OC[C@H]1O[C@@H](n2cnc3c(NC(=O)OCc4ccccc4)nc(N)nc32)[C@](C)(F)C1OC(=O)OCc1ccccc1. The first-order valence-electron chi connectivity index (χ1n) is 20.5. The Morgan fingerprint density at radius 3 is 2.23 bits per heavy atom. The Labute approximate surface area is 372 Å². The van der Waals surface area contributed by atoms with Crippen molar-refractivity contribution in [3.05, 3.63) is 108 Å². The summed E-state index contributed by atoms with van der Waals surface area (Å²) in [7, 11) is -4.69. The van der Waals surface area contributed by atoms with Crippen LogP contribution in [0.4, 0.5) is 25.7 Å². The zero-order valence-corrected chi connectivity index (χ0v) is 36.8. The molecule has 2 unspecified atom stereocenters. The van der Waals surface area contributed by atoms with Crippen molar-refractivity contribution >= 4 is 54.9 Å². The molecule has 5 aromatic rings. The molecular formula is C43H49FN7O13P. The van der Waals surface area contributed by atoms with Crippen molar-refractivity contribution in [2.75, 3.05) is 30.9 Å². The molecule has 346 valence electrons. The predicted molar refractivity (Wildman–Crippen MR) is 230 cm³/mol. The lowest BCUT2D eigenvalue weighted by atomic mass is 9.98. The molecule has 1 aliphatic rings. The lowest BCUT2D eigenvalue weighted by molar-refractivity contribution is -0.145. The molecule has 3 heterocycles. The molecule has 0 spiro atoms. The maximum Gasteiger partial charge on any atom is 0.509 e. The topological polar surface area (TPSA) is 253 Å². The zero-order valence-electron chi connectivity index (χ0n) is 35.9. The Morgan fingerprint density at radius 2 is 1.55 bits per heavy atom. The lowest BCUT2D eigenvalue weighted by Gasteiger charge is -2.28. The molecule has 1 amide bonds. The Bertz CT molecular complexity index is 2480. The van der Waals surface area contributed by atoms with E-state index in [-0.39, 0.29) is 67.9 Å². The third-order valence-electron chi connectivity index (χ3n) is 9.72. The minimum Gasteiger partial charge on any atom is -0.466 e. The first-order valence-corrected chi connectivity index (χ1v) is 22.1. The van der Waals surface area contributed by atoms with Crippen LogP contribution in [-0.2, 0) is 66.7 Å². The van der Waals surface area contributed by atoms with E-state index in [2.05, 4.69) is 25.4 Å². The normalized spacial score (nSPS) is 19.4. The maximum absolute atomic E-state index is 17.6. The number of hydrogen-bond acceptors (Lipinski definition) is 17. The van der Waals surface area contributed by atoms with Gasteiger partial charge in [0, 0.05) is 6.42 Å². The van der Waals surface area contributed by atoms with Crippen LogP contribution in [0.5, 0.6) is 5.75 Å². The summed E-state index contributed by atoms with van der Waals surface area (Å²) < 4.78 is 78.0. The number of ether oxygens (including phenoxy) is 6. The summed E-state index contributed by atoms with van der Waals surface area (Å²) >= 11 is 0. The number of nitrogen functional groups attached to an aromatic ring is 1. The van der Waals surface area contributed by atoms with Gasteiger partial charge in [-0.25, -0.2) is 23.5 Å². The molecule has 4 N–H and O–H groups in total. The Kier molecular flexibility index (Phi) is 16.0. The molecule has 2 aromatic heterocycles. The van der Waals surface area contributed by atoms with E-state index < -0.39 is 68.7 Å². The number of benzene rings is 3. The first-order chi connectivity index (χ1) is 31.2. The van der Waals surface area contributed by atoms with E-state index in [1.54, 1.807) is 86.6 Å².